The number of hydrogen-bond donors (Lipinski definition) is 1. The van der Waals surface area contributed by atoms with E-state index in [0.717, 1.165) is 21.5 Å². The fraction of sp³-hybridized carbons (Fsp3) is 0.188. The van der Waals surface area contributed by atoms with Gasteiger partial charge in [-0.2, -0.15) is 0 Å². The van der Waals surface area contributed by atoms with Crippen LogP contribution in [0.4, 0.5) is 4.79 Å². The van der Waals surface area contributed by atoms with Crippen molar-refractivity contribution in [3.8, 4) is 0 Å². The molecular formula is C16H14N2O4S2. The first kappa shape index (κ1) is 16.5. The van der Waals surface area contributed by atoms with Gasteiger partial charge in [0.25, 0.3) is 17.1 Å². The molecule has 3 amide bonds. The Bertz CT molecular complexity index is 808. The molecular weight excluding hydrogens is 348 g/mol. The molecule has 124 valence electrons. The fourth-order valence-electron chi connectivity index (χ4n) is 2.12. The summed E-state index contributed by atoms with van der Waals surface area (Å²) in [5, 5.41) is 4.21. The van der Waals surface area contributed by atoms with Gasteiger partial charge in [-0.25, -0.2) is 0 Å². The topological polar surface area (TPSA) is 79.6 Å². The number of thioether (sulfide) groups is 1. The van der Waals surface area contributed by atoms with Crippen LogP contribution in [0.3, 0.4) is 0 Å². The lowest BCUT2D eigenvalue weighted by molar-refractivity contribution is -0.122. The van der Waals surface area contributed by atoms with E-state index >= 15 is 0 Å². The summed E-state index contributed by atoms with van der Waals surface area (Å²) in [4.78, 5) is 38.6. The van der Waals surface area contributed by atoms with Gasteiger partial charge >= 0.3 is 0 Å². The summed E-state index contributed by atoms with van der Waals surface area (Å²) in [5.74, 6) is 0.148. The van der Waals surface area contributed by atoms with Gasteiger partial charge in [-0.3, -0.25) is 19.3 Å². The number of hydrogen-bond acceptors (Lipinski definition) is 6. The highest BCUT2D eigenvalue weighted by Gasteiger charge is 2.34. The molecule has 0 spiro atoms. The van der Waals surface area contributed by atoms with E-state index < -0.39 is 0 Å². The highest BCUT2D eigenvalue weighted by molar-refractivity contribution is 8.18. The molecule has 0 bridgehead atoms. The van der Waals surface area contributed by atoms with Crippen LogP contribution in [0.2, 0.25) is 0 Å². The molecule has 3 heterocycles. The quantitative estimate of drug-likeness (QED) is 0.827. The van der Waals surface area contributed by atoms with Crippen molar-refractivity contribution in [2.24, 2.45) is 0 Å². The number of carbonyl (C=O) groups is 3. The minimum Gasteiger partial charge on any atom is -0.456 e. The van der Waals surface area contributed by atoms with Gasteiger partial charge < -0.3 is 9.73 Å². The number of amides is 3. The molecule has 0 aliphatic carbocycles. The van der Waals surface area contributed by atoms with Crippen LogP contribution in [0.5, 0.6) is 0 Å². The van der Waals surface area contributed by atoms with E-state index in [2.05, 4.69) is 5.32 Å². The van der Waals surface area contributed by atoms with Crippen LogP contribution in [0, 0.1) is 6.92 Å². The van der Waals surface area contributed by atoms with Crippen molar-refractivity contribution in [1.82, 2.24) is 10.2 Å². The molecule has 1 N–H and O–H groups in total. The number of nitrogens with zero attached hydrogens (tertiary/aromatic N) is 1. The van der Waals surface area contributed by atoms with Gasteiger partial charge in [0, 0.05) is 18.0 Å². The van der Waals surface area contributed by atoms with E-state index in [0.29, 0.717) is 10.7 Å². The zero-order valence-corrected chi connectivity index (χ0v) is 14.4. The number of thiophene rings is 1. The van der Waals surface area contributed by atoms with Crippen LogP contribution < -0.4 is 5.32 Å². The standard InChI is InChI=1S/C16H14N2O4S2/c1-10-4-5-12(22-10)14(19)17-6-7-18-15(20)13(24-16(18)21)9-11-3-2-8-23-11/h2-5,8-9H,6-7H2,1H3,(H,17,19)/b13-9+. The summed E-state index contributed by atoms with van der Waals surface area (Å²) in [6, 6.07) is 7.03. The van der Waals surface area contributed by atoms with E-state index in [9.17, 15) is 14.4 Å². The number of imide groups is 1. The molecule has 3 rings (SSSR count). The highest BCUT2D eigenvalue weighted by Crippen LogP contribution is 2.32. The monoisotopic (exact) mass is 362 g/mol. The number of furan rings is 1. The molecule has 0 radical (unpaired) electrons. The maximum absolute atomic E-state index is 12.3. The summed E-state index contributed by atoms with van der Waals surface area (Å²) >= 11 is 2.41. The van der Waals surface area contributed by atoms with Crippen molar-refractivity contribution in [2.45, 2.75) is 6.92 Å². The average molecular weight is 362 g/mol. The number of nitrogens with one attached hydrogen (secondary N) is 1. The van der Waals surface area contributed by atoms with Gasteiger partial charge in [0.2, 0.25) is 0 Å². The molecule has 1 aliphatic rings. The van der Waals surface area contributed by atoms with Gasteiger partial charge in [0.15, 0.2) is 5.76 Å². The second-order valence-corrected chi connectivity index (χ2v) is 6.99. The first-order valence-electron chi connectivity index (χ1n) is 7.18. The summed E-state index contributed by atoms with van der Waals surface area (Å²) in [6.45, 7) is 2.04. The van der Waals surface area contributed by atoms with Crippen LogP contribution in [-0.4, -0.2) is 35.0 Å². The first-order chi connectivity index (χ1) is 11.5. The van der Waals surface area contributed by atoms with Gasteiger partial charge in [0.1, 0.15) is 5.76 Å². The summed E-state index contributed by atoms with van der Waals surface area (Å²) < 4.78 is 5.21. The molecule has 2 aromatic heterocycles. The average Bonchev–Trinajstić information content (AvgIpc) is 3.26. The minimum absolute atomic E-state index is 0.123. The fourth-order valence-corrected chi connectivity index (χ4v) is 3.71. The Hall–Kier alpha value is -2.32. The van der Waals surface area contributed by atoms with E-state index in [1.165, 1.54) is 11.3 Å². The molecule has 0 aromatic carbocycles. The second kappa shape index (κ2) is 7.06. The van der Waals surface area contributed by atoms with Crippen molar-refractivity contribution in [1.29, 1.82) is 0 Å². The van der Waals surface area contributed by atoms with Crippen molar-refractivity contribution < 1.29 is 18.8 Å². The third-order valence-corrected chi connectivity index (χ3v) is 5.00. The molecule has 1 saturated heterocycles. The molecule has 0 saturated carbocycles. The highest BCUT2D eigenvalue weighted by atomic mass is 32.2. The van der Waals surface area contributed by atoms with Crippen LogP contribution in [0.1, 0.15) is 21.2 Å². The molecule has 0 unspecified atom stereocenters. The SMILES string of the molecule is Cc1ccc(C(=O)NCCN2C(=O)S/C(=C/c3cccs3)C2=O)o1. The van der Waals surface area contributed by atoms with Crippen molar-refractivity contribution in [3.63, 3.8) is 0 Å². The maximum Gasteiger partial charge on any atom is 0.293 e. The molecule has 24 heavy (non-hydrogen) atoms. The Morgan fingerprint density at radius 2 is 2.17 bits per heavy atom. The Balaban J connectivity index is 1.56. The molecule has 6 nitrogen and oxygen atoms in total. The Morgan fingerprint density at radius 1 is 1.33 bits per heavy atom. The summed E-state index contributed by atoms with van der Waals surface area (Å²) in [6.07, 6.45) is 1.71. The summed E-state index contributed by atoms with van der Waals surface area (Å²) in [5.41, 5.74) is 0. The van der Waals surface area contributed by atoms with Gasteiger partial charge in [-0.15, -0.1) is 11.3 Å². The van der Waals surface area contributed by atoms with Gasteiger partial charge in [-0.05, 0) is 48.3 Å². The Labute approximate surface area is 146 Å². The predicted molar refractivity (Wildman–Crippen MR) is 92.8 cm³/mol. The van der Waals surface area contributed by atoms with E-state index in [-0.39, 0.29) is 35.9 Å². The van der Waals surface area contributed by atoms with Crippen molar-refractivity contribution >= 4 is 46.2 Å². The summed E-state index contributed by atoms with van der Waals surface area (Å²) in [7, 11) is 0. The zero-order chi connectivity index (χ0) is 17.1. The molecule has 1 aliphatic heterocycles. The third kappa shape index (κ3) is 3.60. The van der Waals surface area contributed by atoms with E-state index in [1.54, 1.807) is 25.1 Å². The minimum atomic E-state index is -0.371. The zero-order valence-electron chi connectivity index (χ0n) is 12.8. The number of rotatable bonds is 5. The van der Waals surface area contributed by atoms with Crippen LogP contribution in [0.25, 0.3) is 6.08 Å². The molecule has 2 aromatic rings. The van der Waals surface area contributed by atoms with Gasteiger partial charge in [0.05, 0.1) is 4.91 Å². The van der Waals surface area contributed by atoms with Crippen LogP contribution in [0.15, 0.2) is 39.0 Å². The van der Waals surface area contributed by atoms with Gasteiger partial charge in [-0.1, -0.05) is 6.07 Å². The normalized spacial score (nSPS) is 16.2. The van der Waals surface area contributed by atoms with E-state index in [1.807, 2.05) is 17.5 Å². The lowest BCUT2D eigenvalue weighted by atomic mass is 10.3. The van der Waals surface area contributed by atoms with Crippen molar-refractivity contribution in [2.75, 3.05) is 13.1 Å². The van der Waals surface area contributed by atoms with E-state index in [4.69, 9.17) is 4.42 Å². The van der Waals surface area contributed by atoms with Crippen LogP contribution >= 0.6 is 23.1 Å². The molecule has 1 fully saturated rings. The Morgan fingerprint density at radius 3 is 2.83 bits per heavy atom. The van der Waals surface area contributed by atoms with Crippen LogP contribution in [-0.2, 0) is 4.79 Å². The smallest absolute Gasteiger partial charge is 0.293 e. The molecule has 8 heteroatoms. The Kier molecular flexibility index (Phi) is 4.86. The lowest BCUT2D eigenvalue weighted by Crippen LogP contribution is -2.37. The predicted octanol–water partition coefficient (Wildman–Crippen LogP) is 3.12. The molecule has 0 atom stereocenters. The number of carbonyl (C=O) groups excluding carboxylic acids is 3. The van der Waals surface area contributed by atoms with Crippen molar-refractivity contribution in [3.05, 3.63) is 50.9 Å². The lowest BCUT2D eigenvalue weighted by Gasteiger charge is -2.12. The number of aryl methyl sites for hydroxylation is 1. The first-order valence-corrected chi connectivity index (χ1v) is 8.88. The maximum atomic E-state index is 12.3. The largest absolute Gasteiger partial charge is 0.456 e. The second-order valence-electron chi connectivity index (χ2n) is 5.01. The third-order valence-electron chi connectivity index (χ3n) is 3.28.